The maximum absolute atomic E-state index is 8.45. The summed E-state index contributed by atoms with van der Waals surface area (Å²) in [5, 5.41) is 14.7. The Bertz CT molecular complexity index is 352. The number of nitrogens with one attached hydrogen (secondary N) is 1. The highest BCUT2D eigenvalue weighted by atomic mass is 16.5. The highest BCUT2D eigenvalue weighted by Gasteiger charge is 2.07. The summed E-state index contributed by atoms with van der Waals surface area (Å²) < 4.78 is 7.39. The summed E-state index contributed by atoms with van der Waals surface area (Å²) >= 11 is 0. The molecular weight excluding hydrogens is 234 g/mol. The first kappa shape index (κ1) is 14.5. The minimum Gasteiger partial charge on any atom is -0.409 e. The minimum absolute atomic E-state index is 0.0847. The summed E-state index contributed by atoms with van der Waals surface area (Å²) in [5.74, 6) is 0.0847. The van der Waals surface area contributed by atoms with Crippen molar-refractivity contribution in [2.24, 2.45) is 10.9 Å². The van der Waals surface area contributed by atoms with E-state index < -0.39 is 0 Å². The second kappa shape index (κ2) is 7.67. The Morgan fingerprint density at radius 1 is 1.61 bits per heavy atom. The molecule has 7 heteroatoms. The standard InChI is InChI=1S/C11H21N5O2/c1-9(7-16-5-3-13-8-16)14-4-6-18-10(2)11(12)15-17/h3,5,8-10,14,17H,4,6-7H2,1-2H3,(H2,12,15). The number of imidazole rings is 1. The van der Waals surface area contributed by atoms with Gasteiger partial charge in [-0.3, -0.25) is 0 Å². The summed E-state index contributed by atoms with van der Waals surface area (Å²) in [6.07, 6.45) is 5.10. The van der Waals surface area contributed by atoms with Crippen LogP contribution in [0.25, 0.3) is 0 Å². The van der Waals surface area contributed by atoms with Crippen LogP contribution in [0.4, 0.5) is 0 Å². The summed E-state index contributed by atoms with van der Waals surface area (Å²) in [6.45, 7) is 5.90. The summed E-state index contributed by atoms with van der Waals surface area (Å²) in [6, 6.07) is 0.321. The van der Waals surface area contributed by atoms with E-state index in [1.165, 1.54) is 0 Å². The van der Waals surface area contributed by atoms with Crippen molar-refractivity contribution in [3.63, 3.8) is 0 Å². The van der Waals surface area contributed by atoms with Crippen molar-refractivity contribution < 1.29 is 9.94 Å². The van der Waals surface area contributed by atoms with Crippen LogP contribution in [-0.4, -0.2) is 45.9 Å². The number of oxime groups is 1. The first-order valence-corrected chi connectivity index (χ1v) is 5.91. The molecule has 0 aliphatic heterocycles. The van der Waals surface area contributed by atoms with Gasteiger partial charge in [-0.25, -0.2) is 4.98 Å². The Morgan fingerprint density at radius 3 is 3.00 bits per heavy atom. The van der Waals surface area contributed by atoms with Gasteiger partial charge >= 0.3 is 0 Å². The number of rotatable bonds is 8. The highest BCUT2D eigenvalue weighted by Crippen LogP contribution is 1.93. The molecule has 1 aromatic heterocycles. The van der Waals surface area contributed by atoms with Gasteiger partial charge in [-0.2, -0.15) is 0 Å². The van der Waals surface area contributed by atoms with Crippen molar-refractivity contribution >= 4 is 5.84 Å². The topological polar surface area (TPSA) is 97.7 Å². The number of aromatic nitrogens is 2. The molecule has 102 valence electrons. The van der Waals surface area contributed by atoms with Crippen LogP contribution in [0.5, 0.6) is 0 Å². The molecule has 0 spiro atoms. The maximum Gasteiger partial charge on any atom is 0.168 e. The van der Waals surface area contributed by atoms with Gasteiger partial charge in [-0.1, -0.05) is 5.16 Å². The van der Waals surface area contributed by atoms with E-state index in [-0.39, 0.29) is 11.9 Å². The first-order chi connectivity index (χ1) is 8.63. The molecule has 0 bridgehead atoms. The van der Waals surface area contributed by atoms with E-state index in [4.69, 9.17) is 15.7 Å². The molecule has 0 radical (unpaired) electrons. The molecule has 1 aromatic rings. The number of hydrogen-bond acceptors (Lipinski definition) is 5. The van der Waals surface area contributed by atoms with E-state index in [0.29, 0.717) is 19.2 Å². The SMILES string of the molecule is CC(Cn1ccnc1)NCCOC(C)/C(N)=N/O. The molecule has 4 N–H and O–H groups in total. The molecule has 0 amide bonds. The average molecular weight is 255 g/mol. The summed E-state index contributed by atoms with van der Waals surface area (Å²) in [5.41, 5.74) is 5.39. The lowest BCUT2D eigenvalue weighted by atomic mass is 10.3. The fourth-order valence-electron chi connectivity index (χ4n) is 1.48. The Hall–Kier alpha value is -1.60. The molecule has 1 rings (SSSR count). The van der Waals surface area contributed by atoms with E-state index in [2.05, 4.69) is 22.4 Å². The fourth-order valence-corrected chi connectivity index (χ4v) is 1.48. The van der Waals surface area contributed by atoms with E-state index >= 15 is 0 Å². The van der Waals surface area contributed by atoms with Crippen molar-refractivity contribution in [3.05, 3.63) is 18.7 Å². The van der Waals surface area contributed by atoms with Gasteiger partial charge in [0, 0.05) is 31.5 Å². The van der Waals surface area contributed by atoms with Gasteiger partial charge in [0.15, 0.2) is 5.84 Å². The summed E-state index contributed by atoms with van der Waals surface area (Å²) in [7, 11) is 0. The number of amidine groups is 1. The van der Waals surface area contributed by atoms with Crippen LogP contribution in [-0.2, 0) is 11.3 Å². The minimum atomic E-state index is -0.374. The van der Waals surface area contributed by atoms with Gasteiger partial charge in [0.05, 0.1) is 12.9 Å². The number of nitrogens with two attached hydrogens (primary N) is 1. The predicted octanol–water partition coefficient (Wildman–Crippen LogP) is 0.0127. The third-order valence-electron chi connectivity index (χ3n) is 2.54. The van der Waals surface area contributed by atoms with Gasteiger partial charge < -0.3 is 25.6 Å². The van der Waals surface area contributed by atoms with Gasteiger partial charge in [0.2, 0.25) is 0 Å². The molecule has 0 aliphatic rings. The van der Waals surface area contributed by atoms with Gasteiger partial charge in [-0.15, -0.1) is 0 Å². The largest absolute Gasteiger partial charge is 0.409 e. The monoisotopic (exact) mass is 255 g/mol. The molecule has 1 heterocycles. The van der Waals surface area contributed by atoms with Crippen LogP contribution in [0.15, 0.2) is 23.9 Å². The lowest BCUT2D eigenvalue weighted by Crippen LogP contribution is -2.35. The van der Waals surface area contributed by atoms with Crippen molar-refractivity contribution in [1.29, 1.82) is 0 Å². The second-order valence-corrected chi connectivity index (χ2v) is 4.15. The van der Waals surface area contributed by atoms with E-state index in [1.54, 1.807) is 19.4 Å². The van der Waals surface area contributed by atoms with Crippen LogP contribution in [0, 0.1) is 0 Å². The zero-order valence-corrected chi connectivity index (χ0v) is 10.8. The lowest BCUT2D eigenvalue weighted by molar-refractivity contribution is 0.106. The second-order valence-electron chi connectivity index (χ2n) is 4.15. The van der Waals surface area contributed by atoms with Gasteiger partial charge in [0.25, 0.3) is 0 Å². The molecule has 0 aliphatic carbocycles. The van der Waals surface area contributed by atoms with Crippen LogP contribution in [0.3, 0.4) is 0 Å². The van der Waals surface area contributed by atoms with Crippen LogP contribution < -0.4 is 11.1 Å². The van der Waals surface area contributed by atoms with E-state index in [1.807, 2.05) is 10.8 Å². The van der Waals surface area contributed by atoms with E-state index in [0.717, 1.165) is 6.54 Å². The molecule has 0 saturated carbocycles. The predicted molar refractivity (Wildman–Crippen MR) is 68.5 cm³/mol. The van der Waals surface area contributed by atoms with E-state index in [9.17, 15) is 0 Å². The molecular formula is C11H21N5O2. The van der Waals surface area contributed by atoms with Crippen LogP contribution in [0.1, 0.15) is 13.8 Å². The molecule has 2 unspecified atom stereocenters. The Labute approximate surface area is 107 Å². The molecule has 0 aromatic carbocycles. The summed E-state index contributed by atoms with van der Waals surface area (Å²) in [4.78, 5) is 3.98. The average Bonchev–Trinajstić information content (AvgIpc) is 2.86. The smallest absolute Gasteiger partial charge is 0.168 e. The van der Waals surface area contributed by atoms with Crippen LogP contribution >= 0.6 is 0 Å². The molecule has 2 atom stereocenters. The fraction of sp³-hybridized carbons (Fsp3) is 0.636. The molecule has 0 saturated heterocycles. The zero-order chi connectivity index (χ0) is 13.4. The maximum atomic E-state index is 8.45. The third-order valence-corrected chi connectivity index (χ3v) is 2.54. The normalized spacial score (nSPS) is 15.6. The van der Waals surface area contributed by atoms with Crippen molar-refractivity contribution in [1.82, 2.24) is 14.9 Å². The number of ether oxygens (including phenoxy) is 1. The Morgan fingerprint density at radius 2 is 2.39 bits per heavy atom. The Balaban J connectivity index is 2.10. The zero-order valence-electron chi connectivity index (χ0n) is 10.8. The number of hydrogen-bond donors (Lipinski definition) is 3. The highest BCUT2D eigenvalue weighted by molar-refractivity contribution is 5.83. The van der Waals surface area contributed by atoms with Gasteiger partial charge in [0.1, 0.15) is 6.10 Å². The lowest BCUT2D eigenvalue weighted by Gasteiger charge is -2.16. The molecule has 18 heavy (non-hydrogen) atoms. The number of nitrogens with zero attached hydrogens (tertiary/aromatic N) is 3. The van der Waals surface area contributed by atoms with Crippen molar-refractivity contribution in [3.8, 4) is 0 Å². The van der Waals surface area contributed by atoms with Crippen molar-refractivity contribution in [2.45, 2.75) is 32.5 Å². The third kappa shape index (κ3) is 5.15. The first-order valence-electron chi connectivity index (χ1n) is 5.91. The Kier molecular flexibility index (Phi) is 6.16. The molecule has 7 nitrogen and oxygen atoms in total. The van der Waals surface area contributed by atoms with Crippen molar-refractivity contribution in [2.75, 3.05) is 13.2 Å². The molecule has 0 fully saturated rings. The van der Waals surface area contributed by atoms with Crippen LogP contribution in [0.2, 0.25) is 0 Å². The quantitative estimate of drug-likeness (QED) is 0.200. The van der Waals surface area contributed by atoms with Gasteiger partial charge in [-0.05, 0) is 13.8 Å².